The number of nitrogens with one attached hydrogen (secondary N) is 2. The van der Waals surface area contributed by atoms with Crippen LogP contribution in [0.1, 0.15) is 47.5 Å². The lowest BCUT2D eigenvalue weighted by Crippen LogP contribution is -2.45. The van der Waals surface area contributed by atoms with Crippen LogP contribution in [0.25, 0.3) is 0 Å². The van der Waals surface area contributed by atoms with Gasteiger partial charge in [0.05, 0.1) is 0 Å². The van der Waals surface area contributed by atoms with E-state index in [9.17, 15) is 9.59 Å². The first-order chi connectivity index (χ1) is 10.5. The molecule has 23 heavy (non-hydrogen) atoms. The Balaban J connectivity index is 2.55. The van der Waals surface area contributed by atoms with Crippen LogP contribution in [0.5, 0.6) is 5.75 Å². The number of benzene rings is 1. The van der Waals surface area contributed by atoms with Crippen molar-refractivity contribution in [1.82, 2.24) is 5.32 Å². The van der Waals surface area contributed by atoms with Crippen molar-refractivity contribution in [2.45, 2.75) is 58.6 Å². The van der Waals surface area contributed by atoms with Crippen LogP contribution in [0.3, 0.4) is 0 Å². The zero-order valence-corrected chi connectivity index (χ0v) is 14.4. The summed E-state index contributed by atoms with van der Waals surface area (Å²) >= 11 is 0. The molecule has 0 unspecified atom stereocenters. The Morgan fingerprint density at radius 1 is 1.09 bits per heavy atom. The maximum absolute atomic E-state index is 12.0. The highest BCUT2D eigenvalue weighted by Crippen LogP contribution is 2.20. The van der Waals surface area contributed by atoms with Gasteiger partial charge in [-0.25, -0.2) is 4.79 Å². The van der Waals surface area contributed by atoms with Crippen LogP contribution in [0, 0.1) is 0 Å². The Hall–Kier alpha value is -2.24. The van der Waals surface area contributed by atoms with E-state index in [1.165, 1.54) is 0 Å². The van der Waals surface area contributed by atoms with Crippen molar-refractivity contribution in [3.05, 3.63) is 24.3 Å². The molecule has 0 aliphatic rings. The molecular weight excluding hydrogens is 296 g/mol. The number of hydrogen-bond acceptors (Lipinski definition) is 3. The zero-order valence-electron chi connectivity index (χ0n) is 14.4. The number of ether oxygens (including phenoxy) is 1. The summed E-state index contributed by atoms with van der Waals surface area (Å²) in [5.41, 5.74) is -0.240. The van der Waals surface area contributed by atoms with Gasteiger partial charge in [0.1, 0.15) is 11.4 Å². The van der Waals surface area contributed by atoms with Crippen molar-refractivity contribution in [2.24, 2.45) is 0 Å². The standard InChI is InChI=1S/C17H26N2O4/c1-16(2,3)23-13-8-6-12(7-9-13)18-15(22)19-17(4,5)11-10-14(20)21/h6-9H,10-11H2,1-5H3,(H,20,21)(H2,18,19,22). The zero-order chi connectivity index (χ0) is 17.7. The van der Waals surface area contributed by atoms with Gasteiger partial charge in [-0.15, -0.1) is 0 Å². The predicted octanol–water partition coefficient (Wildman–Crippen LogP) is 3.63. The summed E-state index contributed by atoms with van der Waals surface area (Å²) in [7, 11) is 0. The summed E-state index contributed by atoms with van der Waals surface area (Å²) in [6.45, 7) is 9.47. The molecule has 6 heteroatoms. The number of carbonyl (C=O) groups excluding carboxylic acids is 1. The smallest absolute Gasteiger partial charge is 0.319 e. The first-order valence-electron chi connectivity index (χ1n) is 7.57. The molecule has 0 heterocycles. The van der Waals surface area contributed by atoms with Crippen molar-refractivity contribution in [1.29, 1.82) is 0 Å². The fourth-order valence-corrected chi connectivity index (χ4v) is 1.91. The number of carboxylic acids is 1. The molecule has 0 aromatic heterocycles. The molecular formula is C17H26N2O4. The lowest BCUT2D eigenvalue weighted by atomic mass is 9.99. The van der Waals surface area contributed by atoms with Crippen LogP contribution >= 0.6 is 0 Å². The highest BCUT2D eigenvalue weighted by Gasteiger charge is 2.21. The maximum Gasteiger partial charge on any atom is 0.319 e. The van der Waals surface area contributed by atoms with E-state index in [-0.39, 0.29) is 18.1 Å². The van der Waals surface area contributed by atoms with Gasteiger partial charge in [-0.05, 0) is 65.3 Å². The molecule has 128 valence electrons. The molecule has 1 rings (SSSR count). The first kappa shape index (κ1) is 18.8. The van der Waals surface area contributed by atoms with Crippen LogP contribution < -0.4 is 15.4 Å². The molecule has 0 saturated heterocycles. The van der Waals surface area contributed by atoms with Crippen LogP contribution in [0.4, 0.5) is 10.5 Å². The molecule has 6 nitrogen and oxygen atoms in total. The van der Waals surface area contributed by atoms with Gasteiger partial charge in [0.2, 0.25) is 0 Å². The second-order valence-corrected chi connectivity index (χ2v) is 7.10. The molecule has 0 spiro atoms. The molecule has 0 aliphatic heterocycles. The molecule has 3 N–H and O–H groups in total. The van der Waals surface area contributed by atoms with Gasteiger partial charge in [0, 0.05) is 17.6 Å². The number of carboxylic acid groups (broad SMARTS) is 1. The Morgan fingerprint density at radius 3 is 2.13 bits per heavy atom. The average Bonchev–Trinajstić information content (AvgIpc) is 2.36. The van der Waals surface area contributed by atoms with Crippen molar-refractivity contribution >= 4 is 17.7 Å². The van der Waals surface area contributed by atoms with E-state index in [0.717, 1.165) is 5.75 Å². The minimum absolute atomic E-state index is 0.00607. The Kier molecular flexibility index (Phi) is 6.01. The third-order valence-electron chi connectivity index (χ3n) is 2.95. The summed E-state index contributed by atoms with van der Waals surface area (Å²) < 4.78 is 5.71. The van der Waals surface area contributed by atoms with Crippen molar-refractivity contribution in [3.8, 4) is 5.75 Å². The summed E-state index contributed by atoms with van der Waals surface area (Å²) in [6, 6.07) is 6.72. The monoisotopic (exact) mass is 322 g/mol. The van der Waals surface area contributed by atoms with Crippen LogP contribution in [-0.2, 0) is 4.79 Å². The van der Waals surface area contributed by atoms with Gasteiger partial charge < -0.3 is 20.5 Å². The second kappa shape index (κ2) is 7.35. The number of hydrogen-bond donors (Lipinski definition) is 3. The Bertz CT molecular complexity index is 545. The number of anilines is 1. The summed E-state index contributed by atoms with van der Waals surface area (Å²) in [6.07, 6.45) is 0.361. The lowest BCUT2D eigenvalue weighted by molar-refractivity contribution is -0.137. The minimum atomic E-state index is -0.880. The van der Waals surface area contributed by atoms with Gasteiger partial charge in [0.25, 0.3) is 0 Å². The quantitative estimate of drug-likeness (QED) is 0.746. The predicted molar refractivity (Wildman–Crippen MR) is 89.9 cm³/mol. The SMILES string of the molecule is CC(C)(CCC(=O)O)NC(=O)Nc1ccc(OC(C)(C)C)cc1. The molecule has 0 atom stereocenters. The Morgan fingerprint density at radius 2 is 1.65 bits per heavy atom. The van der Waals surface area contributed by atoms with Crippen molar-refractivity contribution in [2.75, 3.05) is 5.32 Å². The summed E-state index contributed by atoms with van der Waals surface area (Å²) in [5.74, 6) is -0.153. The van der Waals surface area contributed by atoms with E-state index in [0.29, 0.717) is 12.1 Å². The maximum atomic E-state index is 12.0. The number of carbonyl (C=O) groups is 2. The molecule has 0 saturated carbocycles. The minimum Gasteiger partial charge on any atom is -0.488 e. The molecule has 0 aliphatic carbocycles. The fraction of sp³-hybridized carbons (Fsp3) is 0.529. The second-order valence-electron chi connectivity index (χ2n) is 7.10. The number of amides is 2. The van der Waals surface area contributed by atoms with Crippen LogP contribution in [0.2, 0.25) is 0 Å². The van der Waals surface area contributed by atoms with Crippen molar-refractivity contribution in [3.63, 3.8) is 0 Å². The lowest BCUT2D eigenvalue weighted by Gasteiger charge is -2.25. The van der Waals surface area contributed by atoms with E-state index < -0.39 is 11.5 Å². The highest BCUT2D eigenvalue weighted by atomic mass is 16.5. The average molecular weight is 322 g/mol. The third-order valence-corrected chi connectivity index (χ3v) is 2.95. The highest BCUT2D eigenvalue weighted by molar-refractivity contribution is 5.89. The molecule has 1 aromatic carbocycles. The fourth-order valence-electron chi connectivity index (χ4n) is 1.91. The topological polar surface area (TPSA) is 87.7 Å². The summed E-state index contributed by atoms with van der Waals surface area (Å²) in [4.78, 5) is 22.6. The van der Waals surface area contributed by atoms with Crippen LogP contribution in [0.15, 0.2) is 24.3 Å². The van der Waals surface area contributed by atoms with Crippen LogP contribution in [-0.4, -0.2) is 28.2 Å². The van der Waals surface area contributed by atoms with Gasteiger partial charge >= 0.3 is 12.0 Å². The number of rotatable bonds is 6. The molecule has 1 aromatic rings. The molecule has 2 amide bonds. The van der Waals surface area contributed by atoms with E-state index >= 15 is 0 Å². The normalized spacial score (nSPS) is 11.7. The molecule has 0 fully saturated rings. The van der Waals surface area contributed by atoms with Gasteiger partial charge in [-0.2, -0.15) is 0 Å². The van der Waals surface area contributed by atoms with Gasteiger partial charge in [0.15, 0.2) is 0 Å². The summed E-state index contributed by atoms with van der Waals surface area (Å²) in [5, 5.41) is 14.2. The van der Waals surface area contributed by atoms with E-state index in [4.69, 9.17) is 9.84 Å². The third kappa shape index (κ3) is 8.09. The number of aliphatic carboxylic acids is 1. The Labute approximate surface area is 137 Å². The largest absolute Gasteiger partial charge is 0.488 e. The van der Waals surface area contributed by atoms with E-state index in [1.54, 1.807) is 38.1 Å². The van der Waals surface area contributed by atoms with Gasteiger partial charge in [-0.3, -0.25) is 4.79 Å². The number of urea groups is 1. The molecule has 0 bridgehead atoms. The molecule has 0 radical (unpaired) electrons. The van der Waals surface area contributed by atoms with Gasteiger partial charge in [-0.1, -0.05) is 0 Å². The van der Waals surface area contributed by atoms with Crippen molar-refractivity contribution < 1.29 is 19.4 Å². The van der Waals surface area contributed by atoms with E-state index in [1.807, 2.05) is 20.8 Å². The van der Waals surface area contributed by atoms with E-state index in [2.05, 4.69) is 10.6 Å². The first-order valence-corrected chi connectivity index (χ1v) is 7.57.